The molecule has 18 heteroatoms. The second kappa shape index (κ2) is 18.0. The van der Waals surface area contributed by atoms with E-state index in [1.807, 2.05) is 46.1 Å². The first-order valence-corrected chi connectivity index (χ1v) is 23.2. The van der Waals surface area contributed by atoms with Crippen LogP contribution in [0.15, 0.2) is 36.2 Å². The fraction of sp³-hybridized carbons (Fsp3) is 0.600. The van der Waals surface area contributed by atoms with Gasteiger partial charge in [0.15, 0.2) is 5.13 Å². The van der Waals surface area contributed by atoms with Gasteiger partial charge in [-0.15, -0.1) is 17.9 Å². The normalized spacial score (nSPS) is 27.1. The first-order valence-electron chi connectivity index (χ1n) is 21.9. The summed E-state index contributed by atoms with van der Waals surface area (Å²) < 4.78 is 24.3. The highest BCUT2D eigenvalue weighted by Crippen LogP contribution is 2.52. The molecule has 5 fully saturated rings. The molecule has 2 aliphatic heterocycles. The molecule has 4 heterocycles. The lowest BCUT2D eigenvalue weighted by Crippen LogP contribution is -2.59. The Morgan fingerprint density at radius 2 is 1.81 bits per heavy atom. The number of pyridine rings is 1. The number of amides is 3. The highest BCUT2D eigenvalue weighted by molar-refractivity contribution is 7.14. The van der Waals surface area contributed by atoms with Crippen molar-refractivity contribution in [1.82, 2.24) is 30.4 Å². The van der Waals surface area contributed by atoms with Crippen molar-refractivity contribution in [2.24, 2.45) is 23.2 Å². The van der Waals surface area contributed by atoms with Crippen molar-refractivity contribution in [2.75, 3.05) is 51.3 Å². The summed E-state index contributed by atoms with van der Waals surface area (Å²) >= 11 is 8.54. The van der Waals surface area contributed by atoms with Crippen molar-refractivity contribution in [3.05, 3.63) is 41.3 Å². The fourth-order valence-electron chi connectivity index (χ4n) is 9.11. The standard InChI is InChI=1S/C45H58ClN7O9S/c1-7-27-21-45(27,41(56)57)51-39(54)33-19-29(22-53(33)40(55)38(44(4,5)6)50-43(58)62-28-17-25-16-26(25)18-28)61-35-20-31(32-23-63-42(49-32)47-24(2)3)48-37-30(35)8-9-34(36(37)46)60-15-12-52-10-13-59-14-11-52/h7-9,20,23-29,33,38H,1,10-19,21-22H2,2-6H3,(H,47,49)(H,50,58)(H,51,54)(H,56,57)/t25-,26+,27-,28?,29?,33+,38-,45-/m1/s1. The van der Waals surface area contributed by atoms with Gasteiger partial charge in [-0.05, 0) is 68.9 Å². The third-order valence-electron chi connectivity index (χ3n) is 12.8. The zero-order valence-electron chi connectivity index (χ0n) is 36.5. The van der Waals surface area contributed by atoms with E-state index in [-0.39, 0.29) is 31.5 Å². The number of hydrogen-bond acceptors (Lipinski definition) is 13. The Bertz CT molecular complexity index is 2230. The number of carboxylic acid groups (broad SMARTS) is 1. The first-order chi connectivity index (χ1) is 30.0. The van der Waals surface area contributed by atoms with Crippen LogP contribution in [-0.4, -0.2) is 131 Å². The summed E-state index contributed by atoms with van der Waals surface area (Å²) in [5, 5.41) is 22.6. The van der Waals surface area contributed by atoms with Gasteiger partial charge in [-0.3, -0.25) is 14.5 Å². The predicted molar refractivity (Wildman–Crippen MR) is 238 cm³/mol. The van der Waals surface area contributed by atoms with Crippen molar-refractivity contribution < 1.29 is 43.2 Å². The number of hydrogen-bond donors (Lipinski definition) is 4. The summed E-state index contributed by atoms with van der Waals surface area (Å²) in [5.41, 5.74) is -0.841. The second-order valence-electron chi connectivity index (χ2n) is 18.9. The third kappa shape index (κ3) is 9.86. The number of ether oxygens (including phenoxy) is 4. The Kier molecular flexibility index (Phi) is 12.9. The number of halogens is 1. The maximum Gasteiger partial charge on any atom is 0.408 e. The minimum absolute atomic E-state index is 0.0208. The number of aromatic nitrogens is 2. The molecule has 2 aromatic heterocycles. The average molecular weight is 909 g/mol. The lowest BCUT2D eigenvalue weighted by Gasteiger charge is -2.35. The molecule has 8 rings (SSSR count). The molecule has 63 heavy (non-hydrogen) atoms. The third-order valence-corrected chi connectivity index (χ3v) is 14.0. The average Bonchev–Trinajstić information content (AvgIpc) is 3.91. The van der Waals surface area contributed by atoms with E-state index < -0.39 is 58.9 Å². The number of morpholine rings is 1. The summed E-state index contributed by atoms with van der Waals surface area (Å²) in [5.74, 6) is -0.784. The number of carbonyl (C=O) groups is 4. The zero-order chi connectivity index (χ0) is 44.8. The summed E-state index contributed by atoms with van der Waals surface area (Å²) in [7, 11) is 0. The van der Waals surface area contributed by atoms with E-state index in [0.29, 0.717) is 82.1 Å². The molecule has 0 bridgehead atoms. The summed E-state index contributed by atoms with van der Waals surface area (Å²) in [6.07, 6.45) is 2.85. The van der Waals surface area contributed by atoms with Crippen LogP contribution >= 0.6 is 22.9 Å². The summed E-state index contributed by atoms with van der Waals surface area (Å²) in [6.45, 7) is 17.3. The van der Waals surface area contributed by atoms with E-state index in [0.717, 1.165) is 25.9 Å². The molecule has 5 aliphatic rings. The van der Waals surface area contributed by atoms with Gasteiger partial charge in [-0.25, -0.2) is 19.6 Å². The van der Waals surface area contributed by atoms with E-state index in [4.69, 9.17) is 40.5 Å². The molecule has 16 nitrogen and oxygen atoms in total. The number of carboxylic acids is 1. The summed E-state index contributed by atoms with van der Waals surface area (Å²) in [4.78, 5) is 68.4. The number of fused-ring (bicyclic) bond motifs is 2. The number of nitrogens with one attached hydrogen (secondary N) is 3. The highest BCUT2D eigenvalue weighted by Gasteiger charge is 2.61. The van der Waals surface area contributed by atoms with Crippen molar-refractivity contribution >= 4 is 62.8 Å². The number of carbonyl (C=O) groups excluding carboxylic acids is 3. The smallest absolute Gasteiger partial charge is 0.408 e. The monoisotopic (exact) mass is 907 g/mol. The Hall–Kier alpha value is -4.71. The van der Waals surface area contributed by atoms with E-state index in [2.05, 4.69) is 27.4 Å². The molecule has 3 amide bonds. The Morgan fingerprint density at radius 1 is 1.06 bits per heavy atom. The van der Waals surface area contributed by atoms with E-state index in [9.17, 15) is 24.3 Å². The molecule has 1 aromatic carbocycles. The number of aliphatic carboxylic acids is 1. The second-order valence-corrected chi connectivity index (χ2v) is 20.1. The van der Waals surface area contributed by atoms with Crippen molar-refractivity contribution in [3.63, 3.8) is 0 Å². The molecular formula is C45H58ClN7O9S. The van der Waals surface area contributed by atoms with Gasteiger partial charge in [0.25, 0.3) is 0 Å². The van der Waals surface area contributed by atoms with Crippen LogP contribution in [0.25, 0.3) is 22.3 Å². The number of likely N-dealkylation sites (tertiary alicyclic amines) is 1. The SMILES string of the molecule is C=C[C@@H]1C[C@]1(NC(=O)[C@@H]1CC(Oc2cc(-c3csc(NC(C)C)n3)nc3c(Cl)c(OCCN4CCOCC4)ccc23)CN1C(=O)[C@@H](NC(=O)OC1C[C@@H]2C[C@@H]2C1)C(C)(C)C)C(=O)O. The molecule has 2 unspecified atom stereocenters. The van der Waals surface area contributed by atoms with Crippen LogP contribution in [0.3, 0.4) is 0 Å². The fourth-order valence-corrected chi connectivity index (χ4v) is 10.2. The maximum atomic E-state index is 14.8. The van der Waals surface area contributed by atoms with Crippen LogP contribution in [0.4, 0.5) is 9.93 Å². The van der Waals surface area contributed by atoms with Gasteiger partial charge in [0, 0.05) is 54.8 Å². The van der Waals surface area contributed by atoms with Gasteiger partial charge in [0.2, 0.25) is 11.8 Å². The van der Waals surface area contributed by atoms with E-state index in [1.165, 1.54) is 28.7 Å². The van der Waals surface area contributed by atoms with Gasteiger partial charge in [-0.1, -0.05) is 38.4 Å². The van der Waals surface area contributed by atoms with Crippen molar-refractivity contribution in [1.29, 1.82) is 0 Å². The number of anilines is 1. The molecule has 8 atom stereocenters. The minimum Gasteiger partial charge on any atom is -0.491 e. The van der Waals surface area contributed by atoms with Crippen LogP contribution < -0.4 is 25.4 Å². The highest BCUT2D eigenvalue weighted by atomic mass is 35.5. The number of nitrogens with zero attached hydrogens (tertiary/aromatic N) is 4. The predicted octanol–water partition coefficient (Wildman–Crippen LogP) is 5.98. The van der Waals surface area contributed by atoms with Gasteiger partial charge in [-0.2, -0.15) is 0 Å². The Labute approximate surface area is 376 Å². The van der Waals surface area contributed by atoms with Crippen LogP contribution in [0.1, 0.15) is 66.7 Å². The maximum absolute atomic E-state index is 14.8. The number of alkyl carbamates (subject to hydrolysis) is 1. The van der Waals surface area contributed by atoms with E-state index in [1.54, 1.807) is 12.1 Å². The number of rotatable bonds is 16. The number of benzene rings is 1. The molecule has 3 aliphatic carbocycles. The van der Waals surface area contributed by atoms with Crippen LogP contribution in [0, 0.1) is 23.2 Å². The molecule has 3 saturated carbocycles. The topological polar surface area (TPSA) is 194 Å². The van der Waals surface area contributed by atoms with Crippen LogP contribution in [0.5, 0.6) is 11.5 Å². The van der Waals surface area contributed by atoms with Gasteiger partial charge in [0.1, 0.15) is 58.7 Å². The molecule has 3 aromatic rings. The van der Waals surface area contributed by atoms with Gasteiger partial charge >= 0.3 is 12.1 Å². The molecule has 2 saturated heterocycles. The molecule has 4 N–H and O–H groups in total. The van der Waals surface area contributed by atoms with Crippen molar-refractivity contribution in [2.45, 2.75) is 103 Å². The lowest BCUT2D eigenvalue weighted by atomic mass is 9.85. The first kappa shape index (κ1) is 44.9. The minimum atomic E-state index is -1.54. The largest absolute Gasteiger partial charge is 0.491 e. The van der Waals surface area contributed by atoms with Crippen LogP contribution in [-0.2, 0) is 23.9 Å². The van der Waals surface area contributed by atoms with Gasteiger partial charge < -0.3 is 44.9 Å². The lowest BCUT2D eigenvalue weighted by molar-refractivity contribution is -0.146. The zero-order valence-corrected chi connectivity index (χ0v) is 38.1. The van der Waals surface area contributed by atoms with Crippen molar-refractivity contribution in [3.8, 4) is 22.9 Å². The Morgan fingerprint density at radius 3 is 2.48 bits per heavy atom. The van der Waals surface area contributed by atoms with Crippen LogP contribution in [0.2, 0.25) is 5.02 Å². The molecule has 0 radical (unpaired) electrons. The Balaban J connectivity index is 1.09. The molecule has 0 spiro atoms. The molecule has 340 valence electrons. The molecular weight excluding hydrogens is 850 g/mol. The van der Waals surface area contributed by atoms with E-state index >= 15 is 0 Å². The number of thiazole rings is 1. The van der Waals surface area contributed by atoms with Gasteiger partial charge in [0.05, 0.1) is 31.0 Å². The summed E-state index contributed by atoms with van der Waals surface area (Å²) in [6, 6.07) is 3.30. The quantitative estimate of drug-likeness (QED) is 0.123.